The van der Waals surface area contributed by atoms with Crippen LogP contribution in [-0.4, -0.2) is 22.5 Å². The van der Waals surface area contributed by atoms with Crippen molar-refractivity contribution in [3.8, 4) is 0 Å². The SMILES string of the molecule is CCN(Cc1cc(Br)ccc1F)C(=O)Cc1noc2ccccc12. The third-order valence-electron chi connectivity index (χ3n) is 3.87. The van der Waals surface area contributed by atoms with Crippen molar-refractivity contribution < 1.29 is 13.7 Å². The van der Waals surface area contributed by atoms with Crippen LogP contribution in [0.25, 0.3) is 11.0 Å². The molecule has 0 saturated heterocycles. The Balaban J connectivity index is 1.78. The molecular formula is C18H16BrFN2O2. The summed E-state index contributed by atoms with van der Waals surface area (Å²) >= 11 is 3.33. The average Bonchev–Trinajstić information content (AvgIpc) is 2.98. The molecule has 0 spiro atoms. The molecular weight excluding hydrogens is 375 g/mol. The summed E-state index contributed by atoms with van der Waals surface area (Å²) in [4.78, 5) is 14.2. The largest absolute Gasteiger partial charge is 0.356 e. The predicted octanol–water partition coefficient (Wildman–Crippen LogP) is 4.32. The van der Waals surface area contributed by atoms with E-state index < -0.39 is 0 Å². The number of hydrogen-bond donors (Lipinski definition) is 0. The summed E-state index contributed by atoms with van der Waals surface area (Å²) in [5, 5.41) is 4.82. The van der Waals surface area contributed by atoms with Crippen LogP contribution in [0.2, 0.25) is 0 Å². The van der Waals surface area contributed by atoms with Crippen LogP contribution in [0.5, 0.6) is 0 Å². The molecule has 0 N–H and O–H groups in total. The fourth-order valence-electron chi connectivity index (χ4n) is 2.57. The molecule has 1 heterocycles. The highest BCUT2D eigenvalue weighted by molar-refractivity contribution is 9.10. The van der Waals surface area contributed by atoms with Gasteiger partial charge >= 0.3 is 0 Å². The van der Waals surface area contributed by atoms with Gasteiger partial charge in [0.15, 0.2) is 5.58 Å². The number of nitrogens with zero attached hydrogens (tertiary/aromatic N) is 2. The van der Waals surface area contributed by atoms with Gasteiger partial charge in [0.1, 0.15) is 11.5 Å². The second-order valence-corrected chi connectivity index (χ2v) is 6.36. The van der Waals surface area contributed by atoms with Crippen molar-refractivity contribution >= 4 is 32.8 Å². The van der Waals surface area contributed by atoms with E-state index in [-0.39, 0.29) is 24.7 Å². The van der Waals surface area contributed by atoms with E-state index in [1.165, 1.54) is 6.07 Å². The maximum atomic E-state index is 13.9. The topological polar surface area (TPSA) is 46.3 Å². The van der Waals surface area contributed by atoms with Gasteiger partial charge in [0.25, 0.3) is 0 Å². The third kappa shape index (κ3) is 3.48. The maximum absolute atomic E-state index is 13.9. The standard InChI is InChI=1S/C18H16BrFN2O2/c1-2-22(11-12-9-13(19)7-8-15(12)20)18(23)10-16-14-5-3-4-6-17(14)24-21-16/h3-9H,2,10-11H2,1H3. The summed E-state index contributed by atoms with van der Waals surface area (Å²) in [7, 11) is 0. The van der Waals surface area contributed by atoms with Crippen LogP contribution in [0.15, 0.2) is 51.5 Å². The first-order valence-electron chi connectivity index (χ1n) is 7.63. The predicted molar refractivity (Wildman–Crippen MR) is 92.9 cm³/mol. The Hall–Kier alpha value is -2.21. The lowest BCUT2D eigenvalue weighted by Gasteiger charge is -2.21. The smallest absolute Gasteiger partial charge is 0.229 e. The first-order chi connectivity index (χ1) is 11.6. The number of fused-ring (bicyclic) bond motifs is 1. The zero-order chi connectivity index (χ0) is 17.1. The highest BCUT2D eigenvalue weighted by Crippen LogP contribution is 2.20. The Bertz CT molecular complexity index is 878. The molecule has 0 atom stereocenters. The van der Waals surface area contributed by atoms with Crippen LogP contribution < -0.4 is 0 Å². The molecule has 0 aliphatic rings. The molecule has 1 aromatic heterocycles. The summed E-state index contributed by atoms with van der Waals surface area (Å²) in [6.07, 6.45) is 0.125. The quantitative estimate of drug-likeness (QED) is 0.651. The summed E-state index contributed by atoms with van der Waals surface area (Å²) in [5.74, 6) is -0.438. The number of para-hydroxylation sites is 1. The summed E-state index contributed by atoms with van der Waals surface area (Å²) in [6.45, 7) is 2.58. The molecule has 0 fully saturated rings. The van der Waals surface area contributed by atoms with Gasteiger partial charge in [0.2, 0.25) is 5.91 Å². The van der Waals surface area contributed by atoms with Crippen molar-refractivity contribution in [1.82, 2.24) is 10.1 Å². The molecule has 2 aromatic carbocycles. The number of amides is 1. The third-order valence-corrected chi connectivity index (χ3v) is 4.37. The first kappa shape index (κ1) is 16.6. The van der Waals surface area contributed by atoms with Gasteiger partial charge in [-0.2, -0.15) is 0 Å². The van der Waals surface area contributed by atoms with Gasteiger partial charge in [-0.05, 0) is 37.3 Å². The van der Waals surface area contributed by atoms with E-state index in [0.29, 0.717) is 23.4 Å². The Morgan fingerprint density at radius 2 is 2.08 bits per heavy atom. The van der Waals surface area contributed by atoms with Crippen molar-refractivity contribution in [1.29, 1.82) is 0 Å². The molecule has 0 bridgehead atoms. The molecule has 1 amide bonds. The zero-order valence-corrected chi connectivity index (χ0v) is 14.7. The van der Waals surface area contributed by atoms with E-state index in [2.05, 4.69) is 21.1 Å². The second-order valence-electron chi connectivity index (χ2n) is 5.45. The Labute approximate surface area is 147 Å². The molecule has 24 heavy (non-hydrogen) atoms. The van der Waals surface area contributed by atoms with Crippen molar-refractivity contribution in [3.05, 3.63) is 64.0 Å². The van der Waals surface area contributed by atoms with Crippen LogP contribution in [0.1, 0.15) is 18.2 Å². The number of carbonyl (C=O) groups excluding carboxylic acids is 1. The number of aromatic nitrogens is 1. The van der Waals surface area contributed by atoms with Crippen LogP contribution >= 0.6 is 15.9 Å². The Kier molecular flexibility index (Phi) is 4.94. The summed E-state index contributed by atoms with van der Waals surface area (Å²) < 4.78 is 19.9. The van der Waals surface area contributed by atoms with Gasteiger partial charge in [-0.1, -0.05) is 33.2 Å². The van der Waals surface area contributed by atoms with Gasteiger partial charge < -0.3 is 9.42 Å². The highest BCUT2D eigenvalue weighted by Gasteiger charge is 2.18. The molecule has 0 unspecified atom stereocenters. The minimum atomic E-state index is -0.323. The molecule has 0 radical (unpaired) electrons. The lowest BCUT2D eigenvalue weighted by molar-refractivity contribution is -0.131. The van der Waals surface area contributed by atoms with Gasteiger partial charge in [-0.15, -0.1) is 0 Å². The van der Waals surface area contributed by atoms with Crippen molar-refractivity contribution in [2.75, 3.05) is 6.54 Å². The van der Waals surface area contributed by atoms with Gasteiger partial charge in [-0.3, -0.25) is 4.79 Å². The Morgan fingerprint density at radius 1 is 1.29 bits per heavy atom. The second kappa shape index (κ2) is 7.13. The van der Waals surface area contributed by atoms with Crippen molar-refractivity contribution in [3.63, 3.8) is 0 Å². The van der Waals surface area contributed by atoms with E-state index in [0.717, 1.165) is 9.86 Å². The molecule has 4 nitrogen and oxygen atoms in total. The first-order valence-corrected chi connectivity index (χ1v) is 8.42. The van der Waals surface area contributed by atoms with E-state index >= 15 is 0 Å². The molecule has 3 rings (SSSR count). The molecule has 6 heteroatoms. The number of likely N-dealkylation sites (N-methyl/N-ethyl adjacent to an activating group) is 1. The lowest BCUT2D eigenvalue weighted by Crippen LogP contribution is -2.32. The number of benzene rings is 2. The maximum Gasteiger partial charge on any atom is 0.229 e. The molecule has 0 aliphatic heterocycles. The van der Waals surface area contributed by atoms with Crippen molar-refractivity contribution in [2.24, 2.45) is 0 Å². The molecule has 124 valence electrons. The van der Waals surface area contributed by atoms with E-state index in [1.807, 2.05) is 31.2 Å². The average molecular weight is 391 g/mol. The fourth-order valence-corrected chi connectivity index (χ4v) is 2.98. The van der Waals surface area contributed by atoms with Crippen LogP contribution in [0, 0.1) is 5.82 Å². The van der Waals surface area contributed by atoms with Gasteiger partial charge in [-0.25, -0.2) is 4.39 Å². The Morgan fingerprint density at radius 3 is 2.88 bits per heavy atom. The minimum absolute atomic E-state index is 0.115. The number of halogens is 2. The van der Waals surface area contributed by atoms with Gasteiger partial charge in [0.05, 0.1) is 6.42 Å². The normalized spacial score (nSPS) is 11.0. The van der Waals surface area contributed by atoms with E-state index in [9.17, 15) is 9.18 Å². The zero-order valence-electron chi connectivity index (χ0n) is 13.1. The number of carbonyl (C=O) groups is 1. The lowest BCUT2D eigenvalue weighted by atomic mass is 10.1. The highest BCUT2D eigenvalue weighted by atomic mass is 79.9. The van der Waals surface area contributed by atoms with Gasteiger partial charge in [0, 0.05) is 28.5 Å². The number of hydrogen-bond acceptors (Lipinski definition) is 3. The molecule has 3 aromatic rings. The summed E-state index contributed by atoms with van der Waals surface area (Å²) in [5.41, 5.74) is 1.73. The summed E-state index contributed by atoms with van der Waals surface area (Å²) in [6, 6.07) is 12.1. The van der Waals surface area contributed by atoms with Crippen molar-refractivity contribution in [2.45, 2.75) is 19.9 Å². The van der Waals surface area contributed by atoms with E-state index in [1.54, 1.807) is 17.0 Å². The monoisotopic (exact) mass is 390 g/mol. The molecule has 0 aliphatic carbocycles. The van der Waals surface area contributed by atoms with Crippen LogP contribution in [0.4, 0.5) is 4.39 Å². The van der Waals surface area contributed by atoms with E-state index in [4.69, 9.17) is 4.52 Å². The molecule has 0 saturated carbocycles. The number of rotatable bonds is 5. The fraction of sp³-hybridized carbons (Fsp3) is 0.222. The minimum Gasteiger partial charge on any atom is -0.356 e. The van der Waals surface area contributed by atoms with Crippen LogP contribution in [-0.2, 0) is 17.8 Å². The van der Waals surface area contributed by atoms with Crippen LogP contribution in [0.3, 0.4) is 0 Å².